The molecule has 0 aromatic carbocycles. The second-order valence-corrected chi connectivity index (χ2v) is 4.22. The van der Waals surface area contributed by atoms with Crippen LogP contribution in [0.2, 0.25) is 0 Å². The van der Waals surface area contributed by atoms with Gasteiger partial charge >= 0.3 is 0 Å². The number of aliphatic imine (C=N–C) groups is 1. The van der Waals surface area contributed by atoms with Crippen LogP contribution in [0, 0.1) is 0 Å². The first-order chi connectivity index (χ1) is 4.56. The summed E-state index contributed by atoms with van der Waals surface area (Å²) >= 11 is 0. The van der Waals surface area contributed by atoms with Gasteiger partial charge in [-0.2, -0.15) is 0 Å². The van der Waals surface area contributed by atoms with E-state index in [2.05, 4.69) is 4.99 Å². The summed E-state index contributed by atoms with van der Waals surface area (Å²) in [5.41, 5.74) is 0. The molecule has 0 saturated carbocycles. The molecule has 0 bridgehead atoms. The molecule has 0 aliphatic carbocycles. The van der Waals surface area contributed by atoms with Gasteiger partial charge in [0.15, 0.2) is 0 Å². The van der Waals surface area contributed by atoms with Crippen molar-refractivity contribution in [3.05, 3.63) is 0 Å². The van der Waals surface area contributed by atoms with Crippen LogP contribution in [0.25, 0.3) is 0 Å². The van der Waals surface area contributed by atoms with Crippen LogP contribution in [0.4, 0.5) is 0 Å². The molecular weight excluding hydrogens is 154 g/mol. The summed E-state index contributed by atoms with van der Waals surface area (Å²) in [6.45, 7) is 0.247. The molecule has 0 aromatic heterocycles. The maximum Gasteiger partial charge on any atom is 0.234 e. The Morgan fingerprint density at radius 1 is 1.50 bits per heavy atom. The van der Waals surface area contributed by atoms with E-state index in [4.69, 9.17) is 0 Å². The van der Waals surface area contributed by atoms with Crippen molar-refractivity contribution in [3.8, 4) is 0 Å². The SMILES string of the molecule is CS(=O)(=O)CCCN=C=O. The third-order valence-corrected chi connectivity index (χ3v) is 1.88. The average Bonchev–Trinajstić information content (AvgIpc) is 1.78. The van der Waals surface area contributed by atoms with Crippen molar-refractivity contribution in [2.24, 2.45) is 4.99 Å². The Balaban J connectivity index is 3.48. The molecule has 0 rings (SSSR count). The van der Waals surface area contributed by atoms with Crippen LogP contribution in [0.15, 0.2) is 4.99 Å². The van der Waals surface area contributed by atoms with Gasteiger partial charge < -0.3 is 0 Å². The molecule has 0 aliphatic rings. The summed E-state index contributed by atoms with van der Waals surface area (Å²) < 4.78 is 20.9. The zero-order valence-corrected chi connectivity index (χ0v) is 6.52. The van der Waals surface area contributed by atoms with Gasteiger partial charge in [0.25, 0.3) is 0 Å². The van der Waals surface area contributed by atoms with Crippen molar-refractivity contribution in [1.82, 2.24) is 0 Å². The Kier molecular flexibility index (Phi) is 3.91. The van der Waals surface area contributed by atoms with Gasteiger partial charge in [-0.1, -0.05) is 0 Å². The van der Waals surface area contributed by atoms with Gasteiger partial charge in [0.2, 0.25) is 6.08 Å². The molecule has 0 radical (unpaired) electrons. The molecule has 0 unspecified atom stereocenters. The van der Waals surface area contributed by atoms with E-state index >= 15 is 0 Å². The minimum atomic E-state index is -2.89. The van der Waals surface area contributed by atoms with Crippen LogP contribution in [0.5, 0.6) is 0 Å². The predicted octanol–water partition coefficient (Wildman–Crippen LogP) is -0.243. The molecule has 0 aliphatic heterocycles. The summed E-state index contributed by atoms with van der Waals surface area (Å²) in [7, 11) is -2.89. The molecule has 0 N–H and O–H groups in total. The number of carbonyl (C=O) groups excluding carboxylic acids is 1. The Bertz CT molecular complexity index is 225. The number of isocyanates is 1. The third-order valence-electron chi connectivity index (χ3n) is 0.850. The molecule has 0 spiro atoms. The fourth-order valence-corrected chi connectivity index (χ4v) is 1.10. The highest BCUT2D eigenvalue weighted by molar-refractivity contribution is 7.90. The second-order valence-electron chi connectivity index (χ2n) is 1.96. The van der Waals surface area contributed by atoms with Crippen LogP contribution < -0.4 is 0 Å². The standard InChI is InChI=1S/C5H9NO3S/c1-10(8,9)4-2-3-6-5-7/h2-4H2,1H3. The minimum Gasteiger partial charge on any atom is -0.229 e. The summed E-state index contributed by atoms with van der Waals surface area (Å²) in [6, 6.07) is 0. The molecule has 0 aromatic rings. The molecular formula is C5H9NO3S. The molecule has 0 amide bonds. The summed E-state index contributed by atoms with van der Waals surface area (Å²) in [4.78, 5) is 12.7. The zero-order valence-electron chi connectivity index (χ0n) is 5.70. The molecule has 0 heterocycles. The smallest absolute Gasteiger partial charge is 0.229 e. The van der Waals surface area contributed by atoms with Crippen LogP contribution in [-0.2, 0) is 14.6 Å². The molecule has 0 fully saturated rings. The van der Waals surface area contributed by atoms with Crippen LogP contribution in [0.1, 0.15) is 6.42 Å². The number of hydrogen-bond acceptors (Lipinski definition) is 4. The van der Waals surface area contributed by atoms with Crippen LogP contribution in [-0.4, -0.2) is 33.1 Å². The summed E-state index contributed by atoms with van der Waals surface area (Å²) in [5.74, 6) is 0.0815. The third kappa shape index (κ3) is 7.33. The maximum atomic E-state index is 10.5. The number of nitrogens with zero attached hydrogens (tertiary/aromatic N) is 1. The molecule has 0 atom stereocenters. The highest BCUT2D eigenvalue weighted by atomic mass is 32.2. The Morgan fingerprint density at radius 2 is 2.10 bits per heavy atom. The van der Waals surface area contributed by atoms with Gasteiger partial charge in [-0.05, 0) is 6.42 Å². The molecule has 58 valence electrons. The quantitative estimate of drug-likeness (QED) is 0.326. The number of rotatable bonds is 4. The van der Waals surface area contributed by atoms with E-state index in [1.54, 1.807) is 0 Å². The van der Waals surface area contributed by atoms with Crippen molar-refractivity contribution >= 4 is 15.9 Å². The first-order valence-electron chi connectivity index (χ1n) is 2.77. The van der Waals surface area contributed by atoms with E-state index in [0.29, 0.717) is 6.42 Å². The molecule has 0 saturated heterocycles. The first-order valence-corrected chi connectivity index (χ1v) is 4.83. The highest BCUT2D eigenvalue weighted by Crippen LogP contribution is 1.87. The van der Waals surface area contributed by atoms with E-state index in [9.17, 15) is 13.2 Å². The fourth-order valence-electron chi connectivity index (χ4n) is 0.451. The number of sulfone groups is 1. The van der Waals surface area contributed by atoms with E-state index in [-0.39, 0.29) is 12.3 Å². The van der Waals surface area contributed by atoms with E-state index in [0.717, 1.165) is 6.26 Å². The van der Waals surface area contributed by atoms with Crippen molar-refractivity contribution in [2.45, 2.75) is 6.42 Å². The first kappa shape index (κ1) is 9.33. The number of hydrogen-bond donors (Lipinski definition) is 0. The van der Waals surface area contributed by atoms with E-state index in [1.165, 1.54) is 6.08 Å². The predicted molar refractivity (Wildman–Crippen MR) is 37.3 cm³/mol. The van der Waals surface area contributed by atoms with Gasteiger partial charge in [-0.15, -0.1) is 0 Å². The summed E-state index contributed by atoms with van der Waals surface area (Å²) in [6.07, 6.45) is 2.88. The van der Waals surface area contributed by atoms with Crippen molar-refractivity contribution in [3.63, 3.8) is 0 Å². The van der Waals surface area contributed by atoms with Crippen molar-refractivity contribution in [2.75, 3.05) is 18.6 Å². The molecule has 5 heteroatoms. The lowest BCUT2D eigenvalue weighted by molar-refractivity contribution is 0.562. The molecule has 4 nitrogen and oxygen atoms in total. The van der Waals surface area contributed by atoms with Crippen LogP contribution >= 0.6 is 0 Å². The van der Waals surface area contributed by atoms with Crippen molar-refractivity contribution in [1.29, 1.82) is 0 Å². The zero-order chi connectivity index (χ0) is 8.04. The van der Waals surface area contributed by atoms with Gasteiger partial charge in [0.1, 0.15) is 9.84 Å². The van der Waals surface area contributed by atoms with Gasteiger partial charge in [0.05, 0.1) is 12.3 Å². The lowest BCUT2D eigenvalue weighted by atomic mass is 10.5. The Hall–Kier alpha value is -0.670. The van der Waals surface area contributed by atoms with E-state index in [1.807, 2.05) is 0 Å². The monoisotopic (exact) mass is 163 g/mol. The maximum absolute atomic E-state index is 10.5. The Morgan fingerprint density at radius 3 is 2.50 bits per heavy atom. The second kappa shape index (κ2) is 4.19. The highest BCUT2D eigenvalue weighted by Gasteiger charge is 1.99. The van der Waals surface area contributed by atoms with Crippen molar-refractivity contribution < 1.29 is 13.2 Å². The topological polar surface area (TPSA) is 63.6 Å². The Labute approximate surface area is 59.9 Å². The van der Waals surface area contributed by atoms with Gasteiger partial charge in [-0.25, -0.2) is 18.2 Å². The van der Waals surface area contributed by atoms with Crippen LogP contribution in [0.3, 0.4) is 0 Å². The minimum absolute atomic E-state index is 0.0815. The lowest BCUT2D eigenvalue weighted by Crippen LogP contribution is -2.03. The summed E-state index contributed by atoms with van der Waals surface area (Å²) in [5, 5.41) is 0. The van der Waals surface area contributed by atoms with Gasteiger partial charge in [0, 0.05) is 6.26 Å². The largest absolute Gasteiger partial charge is 0.234 e. The average molecular weight is 163 g/mol. The molecule has 10 heavy (non-hydrogen) atoms. The van der Waals surface area contributed by atoms with Gasteiger partial charge in [-0.3, -0.25) is 0 Å². The normalized spacial score (nSPS) is 10.5. The fraction of sp³-hybridized carbons (Fsp3) is 0.800. The lowest BCUT2D eigenvalue weighted by Gasteiger charge is -1.91. The van der Waals surface area contributed by atoms with E-state index < -0.39 is 9.84 Å².